The molecule has 7 N–H and O–H groups in total. The molecule has 1 aliphatic rings. The van der Waals surface area contributed by atoms with Gasteiger partial charge in [0.1, 0.15) is 30.5 Å². The molecule has 0 aliphatic carbocycles. The number of aliphatic hydroxyl groups excluding tert-OH is 6. The van der Waals surface area contributed by atoms with Crippen LogP contribution in [0.5, 0.6) is 0 Å². The van der Waals surface area contributed by atoms with Crippen molar-refractivity contribution < 1.29 is 44.9 Å². The number of ether oxygens (including phenoxy) is 2. The Morgan fingerprint density at radius 2 is 0.788 bits per heavy atom. The molecule has 2 unspecified atom stereocenters. The number of hydrogen-bond acceptors (Lipinski definition) is 9. The van der Waals surface area contributed by atoms with Crippen LogP contribution in [0.15, 0.2) is 0 Å². The SMILES string of the molecule is CCCCCCCCCCCCCCCCCCCCCCCCCCCCCCCCCCCC(=O)N[C@@H](CO[C@@H]1O[C@H](CO)[C@@H](O)C(O)C1O)[C@H](O)[C@H](O)CCCCCCCCCC. The van der Waals surface area contributed by atoms with Gasteiger partial charge in [-0.2, -0.15) is 0 Å². The van der Waals surface area contributed by atoms with Crippen LogP contribution in [-0.4, -0.2) is 98.7 Å². The minimum absolute atomic E-state index is 0.253. The fourth-order valence-corrected chi connectivity index (χ4v) is 9.67. The van der Waals surface area contributed by atoms with Gasteiger partial charge in [0, 0.05) is 6.42 Å². The van der Waals surface area contributed by atoms with Crippen LogP contribution < -0.4 is 5.32 Å². The van der Waals surface area contributed by atoms with Crippen LogP contribution in [0.4, 0.5) is 0 Å². The summed E-state index contributed by atoms with van der Waals surface area (Å²) in [5.41, 5.74) is 0. The van der Waals surface area contributed by atoms with E-state index in [-0.39, 0.29) is 18.9 Å². The van der Waals surface area contributed by atoms with Crippen LogP contribution in [0.25, 0.3) is 0 Å². The molecular weight excluding hydrogens is 831 g/mol. The molecule has 0 saturated carbocycles. The first-order chi connectivity index (χ1) is 32.3. The predicted molar refractivity (Wildman–Crippen MR) is 274 cm³/mol. The Kier molecular flexibility index (Phi) is 44.5. The molecule has 1 rings (SSSR count). The van der Waals surface area contributed by atoms with Crippen molar-refractivity contribution in [2.24, 2.45) is 0 Å². The molecule has 8 atom stereocenters. The average Bonchev–Trinajstić information content (AvgIpc) is 3.32. The molecule has 1 saturated heterocycles. The Balaban J connectivity index is 2.06. The van der Waals surface area contributed by atoms with Gasteiger partial charge >= 0.3 is 0 Å². The van der Waals surface area contributed by atoms with Gasteiger partial charge in [-0.1, -0.05) is 271 Å². The summed E-state index contributed by atoms with van der Waals surface area (Å²) in [4.78, 5) is 13.0. The van der Waals surface area contributed by atoms with Gasteiger partial charge in [0.15, 0.2) is 6.29 Å². The van der Waals surface area contributed by atoms with E-state index >= 15 is 0 Å². The summed E-state index contributed by atoms with van der Waals surface area (Å²) >= 11 is 0. The summed E-state index contributed by atoms with van der Waals surface area (Å²) < 4.78 is 11.2. The highest BCUT2D eigenvalue weighted by atomic mass is 16.7. The summed E-state index contributed by atoms with van der Waals surface area (Å²) in [6, 6.07) is -0.984. The van der Waals surface area contributed by atoms with Crippen molar-refractivity contribution in [1.29, 1.82) is 0 Å². The maximum Gasteiger partial charge on any atom is 0.220 e. The molecular formula is C56H111NO9. The van der Waals surface area contributed by atoms with Crippen molar-refractivity contribution in [2.45, 2.75) is 339 Å². The van der Waals surface area contributed by atoms with Crippen molar-refractivity contribution in [3.05, 3.63) is 0 Å². The van der Waals surface area contributed by atoms with Gasteiger partial charge < -0.3 is 45.4 Å². The zero-order chi connectivity index (χ0) is 48.1. The first-order valence-electron chi connectivity index (χ1n) is 28.8. The van der Waals surface area contributed by atoms with E-state index in [1.54, 1.807) is 0 Å². The molecule has 0 bridgehead atoms. The van der Waals surface area contributed by atoms with Crippen LogP contribution in [0.1, 0.15) is 290 Å². The largest absolute Gasteiger partial charge is 0.394 e. The minimum atomic E-state index is -1.60. The molecule has 0 aromatic carbocycles. The first kappa shape index (κ1) is 63.2. The van der Waals surface area contributed by atoms with Gasteiger partial charge in [-0.05, 0) is 12.8 Å². The topological polar surface area (TPSA) is 169 Å². The lowest BCUT2D eigenvalue weighted by Crippen LogP contribution is -2.60. The number of carbonyl (C=O) groups excluding carboxylic acids is 1. The van der Waals surface area contributed by atoms with Gasteiger partial charge in [-0.15, -0.1) is 0 Å². The Labute approximate surface area is 407 Å². The number of carbonyl (C=O) groups is 1. The van der Waals surface area contributed by atoms with E-state index in [2.05, 4.69) is 19.2 Å². The molecule has 0 radical (unpaired) electrons. The number of unbranched alkanes of at least 4 members (excludes halogenated alkanes) is 39. The van der Waals surface area contributed by atoms with Crippen LogP contribution in [0, 0.1) is 0 Å². The number of hydrogen-bond donors (Lipinski definition) is 7. The highest BCUT2D eigenvalue weighted by Crippen LogP contribution is 2.23. The molecule has 10 nitrogen and oxygen atoms in total. The molecule has 1 amide bonds. The molecule has 0 aromatic rings. The predicted octanol–water partition coefficient (Wildman–Crippen LogP) is 12.8. The number of nitrogens with one attached hydrogen (secondary N) is 1. The molecule has 1 fully saturated rings. The van der Waals surface area contributed by atoms with Crippen LogP contribution in [0.3, 0.4) is 0 Å². The van der Waals surface area contributed by atoms with Crippen molar-refractivity contribution >= 4 is 5.91 Å². The van der Waals surface area contributed by atoms with Crippen LogP contribution in [-0.2, 0) is 14.3 Å². The van der Waals surface area contributed by atoms with Crippen LogP contribution in [0.2, 0.25) is 0 Å². The van der Waals surface area contributed by atoms with Crippen molar-refractivity contribution in [3.8, 4) is 0 Å². The van der Waals surface area contributed by atoms with Gasteiger partial charge in [0.05, 0.1) is 25.4 Å². The van der Waals surface area contributed by atoms with Crippen LogP contribution >= 0.6 is 0 Å². The molecule has 1 heterocycles. The normalized spacial score (nSPS) is 20.2. The van der Waals surface area contributed by atoms with E-state index in [1.807, 2.05) is 0 Å². The Morgan fingerprint density at radius 3 is 1.12 bits per heavy atom. The van der Waals surface area contributed by atoms with E-state index in [4.69, 9.17) is 9.47 Å². The van der Waals surface area contributed by atoms with E-state index in [0.29, 0.717) is 6.42 Å². The van der Waals surface area contributed by atoms with E-state index < -0.39 is 55.6 Å². The summed E-state index contributed by atoms with van der Waals surface area (Å²) in [6.07, 6.45) is 44.7. The summed E-state index contributed by atoms with van der Waals surface area (Å²) in [5.74, 6) is -0.253. The number of rotatable bonds is 50. The summed E-state index contributed by atoms with van der Waals surface area (Å²) in [5, 5.41) is 65.1. The fourth-order valence-electron chi connectivity index (χ4n) is 9.67. The van der Waals surface area contributed by atoms with Crippen molar-refractivity contribution in [1.82, 2.24) is 5.32 Å². The third kappa shape index (κ3) is 35.3. The van der Waals surface area contributed by atoms with Crippen molar-refractivity contribution in [3.63, 3.8) is 0 Å². The van der Waals surface area contributed by atoms with Gasteiger partial charge in [-0.3, -0.25) is 4.79 Å². The number of aliphatic hydroxyl groups is 6. The number of amides is 1. The Bertz CT molecular complexity index is 1020. The fraction of sp³-hybridized carbons (Fsp3) is 0.982. The second kappa shape index (κ2) is 46.5. The lowest BCUT2D eigenvalue weighted by molar-refractivity contribution is -0.303. The van der Waals surface area contributed by atoms with E-state index in [9.17, 15) is 35.4 Å². The van der Waals surface area contributed by atoms with Gasteiger partial charge in [0.25, 0.3) is 0 Å². The monoisotopic (exact) mass is 942 g/mol. The smallest absolute Gasteiger partial charge is 0.220 e. The van der Waals surface area contributed by atoms with E-state index in [1.165, 1.54) is 218 Å². The standard InChI is InChI=1S/C56H111NO9/c1-3-5-7-9-11-13-14-15-16-17-18-19-20-21-22-23-24-25-26-27-28-29-30-31-32-33-34-35-36-37-39-41-43-45-51(60)57-48(47-65-56-55(64)54(63)53(62)50(46-58)66-56)52(61)49(59)44-42-40-38-12-10-8-6-4-2/h48-50,52-56,58-59,61-64H,3-47H2,1-2H3,(H,57,60)/t48-,49+,50+,52-,53+,54?,55?,56+/m0/s1. The molecule has 10 heteroatoms. The lowest BCUT2D eigenvalue weighted by atomic mass is 9.98. The molecule has 66 heavy (non-hydrogen) atoms. The highest BCUT2D eigenvalue weighted by Gasteiger charge is 2.44. The average molecular weight is 943 g/mol. The minimum Gasteiger partial charge on any atom is -0.394 e. The van der Waals surface area contributed by atoms with Crippen molar-refractivity contribution in [2.75, 3.05) is 13.2 Å². The maximum absolute atomic E-state index is 13.0. The summed E-state index contributed by atoms with van der Waals surface area (Å²) in [7, 11) is 0. The zero-order valence-electron chi connectivity index (χ0n) is 43.3. The second-order valence-electron chi connectivity index (χ2n) is 20.6. The zero-order valence-corrected chi connectivity index (χ0v) is 43.3. The highest BCUT2D eigenvalue weighted by molar-refractivity contribution is 5.76. The third-order valence-electron chi connectivity index (χ3n) is 14.3. The molecule has 0 aromatic heterocycles. The third-order valence-corrected chi connectivity index (χ3v) is 14.3. The second-order valence-corrected chi connectivity index (χ2v) is 20.6. The molecule has 0 spiro atoms. The van der Waals surface area contributed by atoms with Gasteiger partial charge in [-0.25, -0.2) is 0 Å². The van der Waals surface area contributed by atoms with Gasteiger partial charge in [0.2, 0.25) is 5.91 Å². The maximum atomic E-state index is 13.0. The lowest BCUT2D eigenvalue weighted by Gasteiger charge is -2.40. The first-order valence-corrected chi connectivity index (χ1v) is 28.8. The molecule has 394 valence electrons. The summed E-state index contributed by atoms with van der Waals surface area (Å²) in [6.45, 7) is 3.60. The molecule has 1 aliphatic heterocycles. The quantitative estimate of drug-likeness (QED) is 0.0294. The Hall–Kier alpha value is -0.850. The van der Waals surface area contributed by atoms with E-state index in [0.717, 1.165) is 44.9 Å². The Morgan fingerprint density at radius 1 is 0.470 bits per heavy atom.